The second-order valence-corrected chi connectivity index (χ2v) is 11.9. The molecule has 134 valence electrons. The van der Waals surface area contributed by atoms with E-state index in [0.717, 1.165) is 16.9 Å². The van der Waals surface area contributed by atoms with Gasteiger partial charge in [0.1, 0.15) is 12.4 Å². The summed E-state index contributed by atoms with van der Waals surface area (Å²) in [7, 11) is -1.36. The van der Waals surface area contributed by atoms with E-state index in [2.05, 4.69) is 24.7 Å². The third-order valence-corrected chi connectivity index (χ3v) is 4.76. The summed E-state index contributed by atoms with van der Waals surface area (Å²) in [5.41, 5.74) is -6.55. The molecule has 1 heterocycles. The number of rotatable bonds is 6. The molecule has 0 unspecified atom stereocenters. The summed E-state index contributed by atoms with van der Waals surface area (Å²) < 4.78 is 82.1. The fraction of sp³-hybridized carbons (Fsp3) is 0.750. The topological polar surface area (TPSA) is 47.3 Å². The van der Waals surface area contributed by atoms with E-state index in [9.17, 15) is 31.4 Å². The molecule has 23 heavy (non-hydrogen) atoms. The monoisotopic (exact) mass is 364 g/mol. The molecule has 0 saturated heterocycles. The van der Waals surface area contributed by atoms with Crippen molar-refractivity contribution in [1.82, 2.24) is 9.78 Å². The zero-order chi connectivity index (χ0) is 18.1. The number of nitrogens with zero attached hydrogens (tertiary/aromatic N) is 2. The minimum absolute atomic E-state index is 0.295. The SMILES string of the molecule is C[Si](C)(C)CCOCn1ccc(C(O)(C(F)(F)F)C(F)(F)F)n1. The van der Waals surface area contributed by atoms with Gasteiger partial charge in [0, 0.05) is 20.9 Å². The molecule has 4 nitrogen and oxygen atoms in total. The summed E-state index contributed by atoms with van der Waals surface area (Å²) in [4.78, 5) is 0. The molecule has 11 heteroatoms. The molecule has 0 fully saturated rings. The lowest BCUT2D eigenvalue weighted by atomic mass is 9.98. The van der Waals surface area contributed by atoms with Crippen molar-refractivity contribution in [3.63, 3.8) is 0 Å². The summed E-state index contributed by atoms with van der Waals surface area (Å²) in [5.74, 6) is 0. The number of alkyl halides is 6. The lowest BCUT2D eigenvalue weighted by Crippen LogP contribution is -2.54. The largest absolute Gasteiger partial charge is 0.432 e. The van der Waals surface area contributed by atoms with Crippen LogP contribution in [0, 0.1) is 0 Å². The van der Waals surface area contributed by atoms with Gasteiger partial charge >= 0.3 is 18.0 Å². The van der Waals surface area contributed by atoms with E-state index in [-0.39, 0.29) is 6.73 Å². The lowest BCUT2D eigenvalue weighted by molar-refractivity contribution is -0.377. The zero-order valence-electron chi connectivity index (χ0n) is 12.8. The predicted molar refractivity (Wildman–Crippen MR) is 72.3 cm³/mol. The van der Waals surface area contributed by atoms with Crippen LogP contribution in [0.4, 0.5) is 26.3 Å². The Bertz CT molecular complexity index is 507. The van der Waals surface area contributed by atoms with Gasteiger partial charge in [-0.1, -0.05) is 19.6 Å². The highest BCUT2D eigenvalue weighted by atomic mass is 28.3. The lowest BCUT2D eigenvalue weighted by Gasteiger charge is -2.30. The minimum atomic E-state index is -5.94. The first kappa shape index (κ1) is 20.0. The molecule has 0 spiro atoms. The van der Waals surface area contributed by atoms with Crippen molar-refractivity contribution in [3.8, 4) is 0 Å². The van der Waals surface area contributed by atoms with E-state index in [0.29, 0.717) is 12.7 Å². The van der Waals surface area contributed by atoms with E-state index in [1.165, 1.54) is 0 Å². The smallest absolute Gasteiger partial charge is 0.368 e. The summed E-state index contributed by atoms with van der Waals surface area (Å²) >= 11 is 0. The van der Waals surface area contributed by atoms with Crippen molar-refractivity contribution in [2.45, 2.75) is 50.4 Å². The van der Waals surface area contributed by atoms with E-state index < -0.39 is 31.7 Å². The molecular weight excluding hydrogens is 346 g/mol. The van der Waals surface area contributed by atoms with Crippen LogP contribution in [-0.2, 0) is 17.1 Å². The van der Waals surface area contributed by atoms with Gasteiger partial charge in [-0.2, -0.15) is 31.4 Å². The minimum Gasteiger partial charge on any atom is -0.368 e. The maximum Gasteiger partial charge on any atom is 0.432 e. The molecule has 0 atom stereocenters. The number of hydrogen-bond donors (Lipinski definition) is 1. The van der Waals surface area contributed by atoms with Gasteiger partial charge in [0.2, 0.25) is 0 Å². The van der Waals surface area contributed by atoms with Gasteiger partial charge in [0.05, 0.1) is 0 Å². The molecule has 0 aliphatic carbocycles. The van der Waals surface area contributed by atoms with E-state index in [1.807, 2.05) is 0 Å². The molecule has 1 rings (SSSR count). The average molecular weight is 364 g/mol. The highest BCUT2D eigenvalue weighted by Gasteiger charge is 2.72. The molecule has 0 aliphatic heterocycles. The summed E-state index contributed by atoms with van der Waals surface area (Å²) in [6, 6.07) is 1.26. The third-order valence-electron chi connectivity index (χ3n) is 3.05. The van der Waals surface area contributed by atoms with E-state index in [1.54, 1.807) is 0 Å². The Balaban J connectivity index is 2.85. The summed E-state index contributed by atoms with van der Waals surface area (Å²) in [6.45, 7) is 6.31. The van der Waals surface area contributed by atoms with Crippen LogP contribution in [0.5, 0.6) is 0 Å². The Morgan fingerprint density at radius 2 is 1.65 bits per heavy atom. The fourth-order valence-corrected chi connectivity index (χ4v) is 2.37. The van der Waals surface area contributed by atoms with Crippen molar-refractivity contribution in [2.24, 2.45) is 0 Å². The molecule has 0 radical (unpaired) electrons. The van der Waals surface area contributed by atoms with Crippen LogP contribution in [0.15, 0.2) is 12.3 Å². The molecular formula is C12H18F6N2O2Si. The van der Waals surface area contributed by atoms with Crippen LogP contribution in [0.25, 0.3) is 0 Å². The molecule has 0 bridgehead atoms. The molecule has 1 aromatic rings. The van der Waals surface area contributed by atoms with Gasteiger partial charge < -0.3 is 9.84 Å². The maximum absolute atomic E-state index is 12.7. The number of hydrogen-bond acceptors (Lipinski definition) is 3. The maximum atomic E-state index is 12.7. The van der Waals surface area contributed by atoms with Crippen LogP contribution >= 0.6 is 0 Å². The highest BCUT2D eigenvalue weighted by molar-refractivity contribution is 6.76. The standard InChI is InChI=1S/C12H18F6N2O2Si/c1-23(2,3)7-6-22-8-20-5-4-9(19-20)10(21,11(13,14)15)12(16,17)18/h4-5,21H,6-8H2,1-3H3. The Labute approximate surface area is 130 Å². The van der Waals surface area contributed by atoms with Gasteiger partial charge in [0.15, 0.2) is 0 Å². The average Bonchev–Trinajstić information content (AvgIpc) is 2.78. The molecule has 0 aliphatic rings. The van der Waals surface area contributed by atoms with Gasteiger partial charge in [0.25, 0.3) is 0 Å². The predicted octanol–water partition coefficient (Wildman–Crippen LogP) is 3.51. The van der Waals surface area contributed by atoms with Crippen LogP contribution < -0.4 is 0 Å². The van der Waals surface area contributed by atoms with Crippen molar-refractivity contribution in [3.05, 3.63) is 18.0 Å². The Morgan fingerprint density at radius 1 is 1.13 bits per heavy atom. The quantitative estimate of drug-likeness (QED) is 0.477. The summed E-state index contributed by atoms with van der Waals surface area (Å²) in [5, 5.41) is 12.3. The van der Waals surface area contributed by atoms with Gasteiger partial charge in [-0.3, -0.25) is 0 Å². The van der Waals surface area contributed by atoms with Gasteiger partial charge in [-0.25, -0.2) is 4.68 Å². The van der Waals surface area contributed by atoms with Crippen LogP contribution in [-0.4, -0.2) is 41.9 Å². The van der Waals surface area contributed by atoms with Gasteiger partial charge in [-0.15, -0.1) is 0 Å². The first-order valence-electron chi connectivity index (χ1n) is 6.66. The van der Waals surface area contributed by atoms with Crippen LogP contribution in [0.2, 0.25) is 25.7 Å². The number of ether oxygens (including phenoxy) is 1. The fourth-order valence-electron chi connectivity index (χ4n) is 1.61. The molecule has 0 amide bonds. The third kappa shape index (κ3) is 4.70. The Morgan fingerprint density at radius 3 is 2.09 bits per heavy atom. The molecule has 0 aromatic carbocycles. The molecule has 1 N–H and O–H groups in total. The first-order valence-corrected chi connectivity index (χ1v) is 10.4. The van der Waals surface area contributed by atoms with Crippen molar-refractivity contribution < 1.29 is 36.2 Å². The Kier molecular flexibility index (Phi) is 5.59. The van der Waals surface area contributed by atoms with E-state index in [4.69, 9.17) is 4.74 Å². The van der Waals surface area contributed by atoms with Crippen molar-refractivity contribution in [1.29, 1.82) is 0 Å². The van der Waals surface area contributed by atoms with Crippen molar-refractivity contribution in [2.75, 3.05) is 6.61 Å². The van der Waals surface area contributed by atoms with Crippen LogP contribution in [0.3, 0.4) is 0 Å². The first-order chi connectivity index (χ1) is 10.2. The normalized spacial score (nSPS) is 14.3. The summed E-state index contributed by atoms with van der Waals surface area (Å²) in [6.07, 6.45) is -11.0. The number of halogens is 6. The van der Waals surface area contributed by atoms with Crippen LogP contribution in [0.1, 0.15) is 5.69 Å². The number of aliphatic hydroxyl groups is 1. The van der Waals surface area contributed by atoms with Gasteiger partial charge in [-0.05, 0) is 12.1 Å². The second kappa shape index (κ2) is 6.44. The van der Waals surface area contributed by atoms with Crippen molar-refractivity contribution >= 4 is 8.07 Å². The number of aromatic nitrogens is 2. The zero-order valence-corrected chi connectivity index (χ0v) is 13.8. The highest BCUT2D eigenvalue weighted by Crippen LogP contribution is 2.49. The molecule has 1 aromatic heterocycles. The van der Waals surface area contributed by atoms with E-state index >= 15 is 0 Å². The molecule has 0 saturated carbocycles. The second-order valence-electron chi connectivity index (χ2n) is 6.29. The Hall–Kier alpha value is -1.07.